The van der Waals surface area contributed by atoms with E-state index < -0.39 is 0 Å². The molecule has 156 valence electrons. The minimum absolute atomic E-state index is 0.00853. The van der Waals surface area contributed by atoms with Crippen molar-refractivity contribution in [3.05, 3.63) is 75.3 Å². The van der Waals surface area contributed by atoms with Crippen molar-refractivity contribution in [1.82, 2.24) is 19.7 Å². The number of hydrogen-bond donors (Lipinski definition) is 2. The SMILES string of the molecule is Cc1cc(C)cc(NC(=O)Cn2nc(CNC(=O)c3ccccc3C)n(C)c2=S)c1. The van der Waals surface area contributed by atoms with Gasteiger partial charge in [0, 0.05) is 18.3 Å². The average Bonchev–Trinajstić information content (AvgIpc) is 2.93. The van der Waals surface area contributed by atoms with Crippen molar-refractivity contribution in [3.8, 4) is 0 Å². The molecule has 1 aromatic heterocycles. The third-order valence-electron chi connectivity index (χ3n) is 4.73. The number of amides is 2. The molecule has 3 rings (SSSR count). The maximum absolute atomic E-state index is 12.5. The number of aromatic nitrogens is 3. The van der Waals surface area contributed by atoms with Gasteiger partial charge in [-0.15, -0.1) is 0 Å². The molecule has 0 radical (unpaired) electrons. The highest BCUT2D eigenvalue weighted by atomic mass is 32.1. The van der Waals surface area contributed by atoms with E-state index in [1.165, 1.54) is 4.68 Å². The summed E-state index contributed by atoms with van der Waals surface area (Å²) in [6.07, 6.45) is 0. The van der Waals surface area contributed by atoms with Gasteiger partial charge in [-0.2, -0.15) is 5.10 Å². The Hall–Kier alpha value is -3.26. The lowest BCUT2D eigenvalue weighted by molar-refractivity contribution is -0.116. The second-order valence-electron chi connectivity index (χ2n) is 7.34. The molecular formula is C22H25N5O2S. The third kappa shape index (κ3) is 5.01. The Morgan fingerprint density at radius 2 is 1.73 bits per heavy atom. The second-order valence-corrected chi connectivity index (χ2v) is 7.70. The molecule has 2 amide bonds. The van der Waals surface area contributed by atoms with Gasteiger partial charge >= 0.3 is 0 Å². The zero-order chi connectivity index (χ0) is 21.8. The number of anilines is 1. The number of carbonyl (C=O) groups is 2. The van der Waals surface area contributed by atoms with Crippen molar-refractivity contribution in [3.63, 3.8) is 0 Å². The molecule has 2 N–H and O–H groups in total. The molecule has 0 aliphatic carbocycles. The lowest BCUT2D eigenvalue weighted by Gasteiger charge is -2.07. The number of benzene rings is 2. The average molecular weight is 424 g/mol. The quantitative estimate of drug-likeness (QED) is 0.595. The van der Waals surface area contributed by atoms with Crippen LogP contribution in [-0.2, 0) is 24.9 Å². The molecule has 8 heteroatoms. The second kappa shape index (κ2) is 9.04. The van der Waals surface area contributed by atoms with Crippen LogP contribution in [0.5, 0.6) is 0 Å². The van der Waals surface area contributed by atoms with E-state index >= 15 is 0 Å². The van der Waals surface area contributed by atoms with Crippen LogP contribution in [0, 0.1) is 25.5 Å². The first-order valence-corrected chi connectivity index (χ1v) is 10.00. The Balaban J connectivity index is 1.67. The van der Waals surface area contributed by atoms with Gasteiger partial charge in [-0.3, -0.25) is 9.59 Å². The largest absolute Gasteiger partial charge is 0.345 e. The Labute approximate surface area is 180 Å². The molecule has 3 aromatic rings. The van der Waals surface area contributed by atoms with E-state index in [1.807, 2.05) is 57.2 Å². The van der Waals surface area contributed by atoms with Gasteiger partial charge in [-0.25, -0.2) is 4.68 Å². The first-order chi connectivity index (χ1) is 14.2. The van der Waals surface area contributed by atoms with E-state index in [0.717, 1.165) is 22.4 Å². The van der Waals surface area contributed by atoms with E-state index in [1.54, 1.807) is 17.7 Å². The zero-order valence-corrected chi connectivity index (χ0v) is 18.3. The molecular weight excluding hydrogens is 398 g/mol. The van der Waals surface area contributed by atoms with Gasteiger partial charge in [0.25, 0.3) is 5.91 Å². The van der Waals surface area contributed by atoms with Gasteiger partial charge < -0.3 is 15.2 Å². The fourth-order valence-corrected chi connectivity index (χ4v) is 3.47. The van der Waals surface area contributed by atoms with Crippen LogP contribution >= 0.6 is 12.2 Å². The number of carbonyl (C=O) groups excluding carboxylic acids is 2. The first kappa shape index (κ1) is 21.4. The lowest BCUT2D eigenvalue weighted by atomic mass is 10.1. The molecule has 0 fully saturated rings. The number of aryl methyl sites for hydroxylation is 3. The molecule has 7 nitrogen and oxygen atoms in total. The van der Waals surface area contributed by atoms with Crippen molar-refractivity contribution in [2.45, 2.75) is 33.9 Å². The molecule has 30 heavy (non-hydrogen) atoms. The van der Waals surface area contributed by atoms with Gasteiger partial charge in [-0.05, 0) is 67.9 Å². The van der Waals surface area contributed by atoms with Crippen molar-refractivity contribution >= 4 is 29.7 Å². The summed E-state index contributed by atoms with van der Waals surface area (Å²) in [5, 5.41) is 10.2. The predicted molar refractivity (Wildman–Crippen MR) is 119 cm³/mol. The van der Waals surface area contributed by atoms with Crippen LogP contribution in [-0.4, -0.2) is 26.2 Å². The maximum atomic E-state index is 12.5. The molecule has 0 aliphatic rings. The Kier molecular flexibility index (Phi) is 6.47. The summed E-state index contributed by atoms with van der Waals surface area (Å²) in [7, 11) is 1.77. The molecule has 1 heterocycles. The normalized spacial score (nSPS) is 10.7. The number of nitrogens with zero attached hydrogens (tertiary/aromatic N) is 3. The summed E-state index contributed by atoms with van der Waals surface area (Å²) in [6.45, 7) is 6.05. The van der Waals surface area contributed by atoms with Crippen molar-refractivity contribution in [1.29, 1.82) is 0 Å². The summed E-state index contributed by atoms with van der Waals surface area (Å²) in [5.74, 6) is 0.173. The Morgan fingerprint density at radius 1 is 1.07 bits per heavy atom. The van der Waals surface area contributed by atoms with E-state index in [0.29, 0.717) is 16.2 Å². The summed E-state index contributed by atoms with van der Waals surface area (Å²) >= 11 is 5.40. The van der Waals surface area contributed by atoms with Gasteiger partial charge in [-0.1, -0.05) is 24.3 Å². The molecule has 0 aliphatic heterocycles. The van der Waals surface area contributed by atoms with Gasteiger partial charge in [0.2, 0.25) is 5.91 Å². The number of nitrogens with one attached hydrogen (secondary N) is 2. The van der Waals surface area contributed by atoms with Crippen LogP contribution < -0.4 is 10.6 Å². The molecule has 0 saturated carbocycles. The predicted octanol–water partition coefficient (Wildman–Crippen LogP) is 3.45. The van der Waals surface area contributed by atoms with E-state index in [-0.39, 0.29) is 24.9 Å². The zero-order valence-electron chi connectivity index (χ0n) is 17.5. The molecule has 2 aromatic carbocycles. The highest BCUT2D eigenvalue weighted by Gasteiger charge is 2.14. The van der Waals surface area contributed by atoms with E-state index in [9.17, 15) is 9.59 Å². The van der Waals surface area contributed by atoms with Crippen LogP contribution in [0.25, 0.3) is 0 Å². The van der Waals surface area contributed by atoms with Crippen LogP contribution in [0.1, 0.15) is 32.9 Å². The number of hydrogen-bond acceptors (Lipinski definition) is 4. The smallest absolute Gasteiger partial charge is 0.251 e. The lowest BCUT2D eigenvalue weighted by Crippen LogP contribution is -2.25. The fourth-order valence-electron chi connectivity index (χ4n) is 3.26. The third-order valence-corrected chi connectivity index (χ3v) is 5.21. The van der Waals surface area contributed by atoms with Gasteiger partial charge in [0.05, 0.1) is 6.54 Å². The molecule has 0 bridgehead atoms. The van der Waals surface area contributed by atoms with Gasteiger partial charge in [0.15, 0.2) is 10.6 Å². The summed E-state index contributed by atoms with van der Waals surface area (Å²) in [6, 6.07) is 13.2. The molecule has 0 spiro atoms. The van der Waals surface area contributed by atoms with E-state index in [2.05, 4.69) is 15.7 Å². The van der Waals surface area contributed by atoms with Crippen molar-refractivity contribution < 1.29 is 9.59 Å². The maximum Gasteiger partial charge on any atom is 0.251 e. The van der Waals surface area contributed by atoms with E-state index in [4.69, 9.17) is 12.2 Å². The fraction of sp³-hybridized carbons (Fsp3) is 0.273. The minimum atomic E-state index is -0.218. The highest BCUT2D eigenvalue weighted by Crippen LogP contribution is 2.14. The Morgan fingerprint density at radius 3 is 2.40 bits per heavy atom. The van der Waals surface area contributed by atoms with Crippen LogP contribution in [0.4, 0.5) is 5.69 Å². The summed E-state index contributed by atoms with van der Waals surface area (Å²) in [4.78, 5) is 24.9. The molecule has 0 atom stereocenters. The molecule has 0 saturated heterocycles. The van der Waals surface area contributed by atoms with Crippen LogP contribution in [0.3, 0.4) is 0 Å². The van der Waals surface area contributed by atoms with Crippen LogP contribution in [0.15, 0.2) is 42.5 Å². The van der Waals surface area contributed by atoms with Crippen molar-refractivity contribution in [2.24, 2.45) is 7.05 Å². The summed E-state index contributed by atoms with van der Waals surface area (Å²) < 4.78 is 3.56. The molecule has 0 unspecified atom stereocenters. The van der Waals surface area contributed by atoms with Gasteiger partial charge in [0.1, 0.15) is 6.54 Å². The topological polar surface area (TPSA) is 81.0 Å². The highest BCUT2D eigenvalue weighted by molar-refractivity contribution is 7.71. The summed E-state index contributed by atoms with van der Waals surface area (Å²) in [5.41, 5.74) is 4.41. The Bertz CT molecular complexity index is 1140. The first-order valence-electron chi connectivity index (χ1n) is 9.59. The standard InChI is InChI=1S/C22H25N5O2S/c1-14-9-15(2)11-17(10-14)24-20(28)13-27-22(30)26(4)19(25-27)12-23-21(29)18-8-6-5-7-16(18)3/h5-11H,12-13H2,1-4H3,(H,23,29)(H,24,28). The monoisotopic (exact) mass is 423 g/mol. The number of rotatable bonds is 6. The van der Waals surface area contributed by atoms with Crippen molar-refractivity contribution in [2.75, 3.05) is 5.32 Å². The van der Waals surface area contributed by atoms with Crippen LogP contribution in [0.2, 0.25) is 0 Å². The minimum Gasteiger partial charge on any atom is -0.345 e.